The van der Waals surface area contributed by atoms with Crippen molar-refractivity contribution in [2.45, 2.75) is 18.6 Å². The SMILES string of the molecule is O=C(O)O[C@H]1C[C@H]1OC(=O)O. The Hall–Kier alpha value is -1.46. The molecule has 6 nitrogen and oxygen atoms in total. The summed E-state index contributed by atoms with van der Waals surface area (Å²) in [5.74, 6) is 0. The number of hydrogen-bond donors (Lipinski definition) is 2. The smallest absolute Gasteiger partial charge is 0.450 e. The summed E-state index contributed by atoms with van der Waals surface area (Å²) in [6.45, 7) is 0. The maximum absolute atomic E-state index is 9.86. The number of carboxylic acid groups (broad SMARTS) is 2. The first-order valence-corrected chi connectivity index (χ1v) is 2.88. The van der Waals surface area contributed by atoms with Crippen molar-refractivity contribution in [2.24, 2.45) is 0 Å². The monoisotopic (exact) mass is 162 g/mol. The van der Waals surface area contributed by atoms with Crippen LogP contribution in [-0.4, -0.2) is 34.7 Å². The van der Waals surface area contributed by atoms with Gasteiger partial charge in [0.15, 0.2) is 0 Å². The van der Waals surface area contributed by atoms with Crippen LogP contribution < -0.4 is 0 Å². The molecule has 0 saturated heterocycles. The summed E-state index contributed by atoms with van der Waals surface area (Å²) in [6, 6.07) is 0. The van der Waals surface area contributed by atoms with Crippen LogP contribution in [0, 0.1) is 0 Å². The molecule has 1 rings (SSSR count). The molecule has 62 valence electrons. The van der Waals surface area contributed by atoms with Gasteiger partial charge in [-0.15, -0.1) is 0 Å². The maximum atomic E-state index is 9.86. The first kappa shape index (κ1) is 7.64. The summed E-state index contributed by atoms with van der Waals surface area (Å²) >= 11 is 0. The Bertz CT molecular complexity index is 167. The van der Waals surface area contributed by atoms with Crippen molar-refractivity contribution < 1.29 is 29.3 Å². The van der Waals surface area contributed by atoms with Crippen LogP contribution in [0.4, 0.5) is 9.59 Å². The van der Waals surface area contributed by atoms with Gasteiger partial charge in [0.05, 0.1) is 0 Å². The average Bonchev–Trinajstić information content (AvgIpc) is 2.43. The summed E-state index contributed by atoms with van der Waals surface area (Å²) < 4.78 is 8.41. The molecule has 0 heterocycles. The Morgan fingerprint density at radius 3 is 1.73 bits per heavy atom. The molecule has 6 heteroatoms. The van der Waals surface area contributed by atoms with Crippen molar-refractivity contribution in [3.05, 3.63) is 0 Å². The number of rotatable bonds is 2. The first-order chi connectivity index (χ1) is 5.09. The topological polar surface area (TPSA) is 93.1 Å². The van der Waals surface area contributed by atoms with E-state index in [0.717, 1.165) is 0 Å². The highest BCUT2D eigenvalue weighted by molar-refractivity contribution is 5.59. The maximum Gasteiger partial charge on any atom is 0.506 e. The molecule has 0 bridgehead atoms. The van der Waals surface area contributed by atoms with Crippen molar-refractivity contribution in [2.75, 3.05) is 0 Å². The lowest BCUT2D eigenvalue weighted by Crippen LogP contribution is -2.10. The molecule has 1 aliphatic carbocycles. The lowest BCUT2D eigenvalue weighted by Gasteiger charge is -1.97. The Balaban J connectivity index is 2.16. The predicted octanol–water partition coefficient (Wildman–Crippen LogP) is 0.516. The first-order valence-electron chi connectivity index (χ1n) is 2.88. The second-order valence-electron chi connectivity index (χ2n) is 2.08. The van der Waals surface area contributed by atoms with Gasteiger partial charge in [0.2, 0.25) is 0 Å². The molecule has 2 N–H and O–H groups in total. The second-order valence-corrected chi connectivity index (χ2v) is 2.08. The van der Waals surface area contributed by atoms with Crippen LogP contribution in [0.2, 0.25) is 0 Å². The van der Waals surface area contributed by atoms with Gasteiger partial charge in [0, 0.05) is 6.42 Å². The molecule has 0 aliphatic heterocycles. The van der Waals surface area contributed by atoms with Crippen molar-refractivity contribution in [3.8, 4) is 0 Å². The van der Waals surface area contributed by atoms with E-state index in [1.807, 2.05) is 0 Å². The summed E-state index contributed by atoms with van der Waals surface area (Å²) in [4.78, 5) is 19.7. The van der Waals surface area contributed by atoms with Crippen molar-refractivity contribution >= 4 is 12.3 Å². The molecule has 1 saturated carbocycles. The number of hydrogen-bond acceptors (Lipinski definition) is 4. The van der Waals surface area contributed by atoms with Gasteiger partial charge in [-0.2, -0.15) is 0 Å². The molecule has 0 amide bonds. The molecule has 2 atom stereocenters. The zero-order valence-corrected chi connectivity index (χ0v) is 5.39. The van der Waals surface area contributed by atoms with Gasteiger partial charge in [-0.1, -0.05) is 0 Å². The Morgan fingerprint density at radius 2 is 1.45 bits per heavy atom. The van der Waals surface area contributed by atoms with Crippen molar-refractivity contribution in [1.29, 1.82) is 0 Å². The van der Waals surface area contributed by atoms with Crippen LogP contribution in [0.5, 0.6) is 0 Å². The molecular formula is C5H6O6. The van der Waals surface area contributed by atoms with E-state index < -0.39 is 24.5 Å². The largest absolute Gasteiger partial charge is 0.506 e. The standard InChI is InChI=1S/C5H6O6/c6-4(7)10-2-1-3(2)11-5(8)9/h2-3H,1H2,(H,6,7)(H,8,9)/t2-,3+. The van der Waals surface area contributed by atoms with E-state index in [-0.39, 0.29) is 0 Å². The molecular weight excluding hydrogens is 156 g/mol. The zero-order chi connectivity index (χ0) is 8.43. The fourth-order valence-electron chi connectivity index (χ4n) is 0.657. The van der Waals surface area contributed by atoms with Crippen LogP contribution in [0.3, 0.4) is 0 Å². The molecule has 0 aromatic rings. The minimum atomic E-state index is -1.41. The minimum Gasteiger partial charge on any atom is -0.450 e. The highest BCUT2D eigenvalue weighted by Gasteiger charge is 2.44. The molecule has 0 spiro atoms. The lowest BCUT2D eigenvalue weighted by atomic mass is 10.8. The van der Waals surface area contributed by atoms with Crippen molar-refractivity contribution in [1.82, 2.24) is 0 Å². The van der Waals surface area contributed by atoms with Crippen LogP contribution in [0.15, 0.2) is 0 Å². The van der Waals surface area contributed by atoms with Gasteiger partial charge in [-0.3, -0.25) is 0 Å². The molecule has 0 aromatic heterocycles. The highest BCUT2D eigenvalue weighted by atomic mass is 16.7. The molecule has 1 aliphatic rings. The molecule has 1 fully saturated rings. The highest BCUT2D eigenvalue weighted by Crippen LogP contribution is 2.28. The summed E-state index contributed by atoms with van der Waals surface area (Å²) in [7, 11) is 0. The van der Waals surface area contributed by atoms with E-state index in [0.29, 0.717) is 6.42 Å². The third-order valence-corrected chi connectivity index (χ3v) is 1.18. The Labute approximate surface area is 61.3 Å². The van der Waals surface area contributed by atoms with E-state index in [9.17, 15) is 9.59 Å². The quantitative estimate of drug-likeness (QED) is 0.575. The molecule has 0 unspecified atom stereocenters. The zero-order valence-electron chi connectivity index (χ0n) is 5.39. The molecule has 0 radical (unpaired) electrons. The van der Waals surface area contributed by atoms with Gasteiger partial charge >= 0.3 is 12.3 Å². The van der Waals surface area contributed by atoms with Crippen LogP contribution >= 0.6 is 0 Å². The van der Waals surface area contributed by atoms with Crippen molar-refractivity contribution in [3.63, 3.8) is 0 Å². The van der Waals surface area contributed by atoms with Crippen LogP contribution in [0.25, 0.3) is 0 Å². The molecule has 11 heavy (non-hydrogen) atoms. The second kappa shape index (κ2) is 2.65. The minimum absolute atomic E-state index is 0.318. The summed E-state index contributed by atoms with van der Waals surface area (Å²) in [5.41, 5.74) is 0. The summed E-state index contributed by atoms with van der Waals surface area (Å²) in [5, 5.41) is 16.1. The van der Waals surface area contributed by atoms with E-state index in [1.165, 1.54) is 0 Å². The van der Waals surface area contributed by atoms with E-state index >= 15 is 0 Å². The molecule has 0 aromatic carbocycles. The lowest BCUT2D eigenvalue weighted by molar-refractivity contribution is 0.0444. The van der Waals surface area contributed by atoms with E-state index in [1.54, 1.807) is 0 Å². The van der Waals surface area contributed by atoms with Gasteiger partial charge < -0.3 is 19.7 Å². The van der Waals surface area contributed by atoms with Gasteiger partial charge in [-0.05, 0) is 0 Å². The fourth-order valence-corrected chi connectivity index (χ4v) is 0.657. The number of ether oxygens (including phenoxy) is 2. The van der Waals surface area contributed by atoms with Crippen LogP contribution in [-0.2, 0) is 9.47 Å². The normalized spacial score (nSPS) is 27.3. The van der Waals surface area contributed by atoms with E-state index in [4.69, 9.17) is 10.2 Å². The predicted molar refractivity (Wildman–Crippen MR) is 30.4 cm³/mol. The third-order valence-electron chi connectivity index (χ3n) is 1.18. The fraction of sp³-hybridized carbons (Fsp3) is 0.600. The van der Waals surface area contributed by atoms with Gasteiger partial charge in [-0.25, -0.2) is 9.59 Å². The van der Waals surface area contributed by atoms with E-state index in [2.05, 4.69) is 9.47 Å². The summed E-state index contributed by atoms with van der Waals surface area (Å²) in [6.07, 6.45) is -3.72. The average molecular weight is 162 g/mol. The Morgan fingerprint density at radius 1 is 1.09 bits per heavy atom. The van der Waals surface area contributed by atoms with Crippen LogP contribution in [0.1, 0.15) is 6.42 Å². The van der Waals surface area contributed by atoms with Gasteiger partial charge in [0.25, 0.3) is 0 Å². The Kier molecular flexibility index (Phi) is 1.84. The van der Waals surface area contributed by atoms with Gasteiger partial charge in [0.1, 0.15) is 12.2 Å². The third kappa shape index (κ3) is 2.32. The number of carbonyl (C=O) groups is 2.